The summed E-state index contributed by atoms with van der Waals surface area (Å²) >= 11 is 1.46. The summed E-state index contributed by atoms with van der Waals surface area (Å²) in [7, 11) is 1.27. The predicted molar refractivity (Wildman–Crippen MR) is 90.9 cm³/mol. The molecule has 0 fully saturated rings. The minimum atomic E-state index is -0.576. The maximum Gasteiger partial charge on any atom is 0.340 e. The highest BCUT2D eigenvalue weighted by molar-refractivity contribution is 7.10. The molecule has 3 rings (SSSR count). The van der Waals surface area contributed by atoms with Crippen LogP contribution >= 0.6 is 11.3 Å². The molecule has 24 heavy (non-hydrogen) atoms. The fraction of sp³-hybridized carbons (Fsp3) is 0.111. The van der Waals surface area contributed by atoms with Crippen LogP contribution < -0.4 is 4.90 Å². The van der Waals surface area contributed by atoms with E-state index >= 15 is 0 Å². The molecule has 2 heterocycles. The summed E-state index contributed by atoms with van der Waals surface area (Å²) in [4.78, 5) is 27.3. The van der Waals surface area contributed by atoms with Crippen LogP contribution in [0.3, 0.4) is 0 Å². The van der Waals surface area contributed by atoms with Gasteiger partial charge in [-0.05, 0) is 48.7 Å². The summed E-state index contributed by atoms with van der Waals surface area (Å²) < 4.78 is 18.0. The highest BCUT2D eigenvalue weighted by Crippen LogP contribution is 2.35. The number of anilines is 1. The fourth-order valence-electron chi connectivity index (χ4n) is 2.60. The van der Waals surface area contributed by atoms with Gasteiger partial charge in [0, 0.05) is 16.3 Å². The number of halogens is 1. The molecule has 4 nitrogen and oxygen atoms in total. The van der Waals surface area contributed by atoms with Crippen molar-refractivity contribution < 1.29 is 18.7 Å². The lowest BCUT2D eigenvalue weighted by molar-refractivity contribution is -0.136. The molecule has 2 aromatic rings. The van der Waals surface area contributed by atoms with Crippen LogP contribution in [0, 0.1) is 5.82 Å². The Hall–Kier alpha value is -2.73. The number of carbonyl (C=O) groups excluding carboxylic acids is 2. The Bertz CT molecular complexity index is 851. The number of esters is 1. The van der Waals surface area contributed by atoms with Gasteiger partial charge in [0.25, 0.3) is 5.91 Å². The van der Waals surface area contributed by atoms with Crippen LogP contribution in [0.4, 0.5) is 10.1 Å². The third kappa shape index (κ3) is 2.76. The zero-order valence-corrected chi connectivity index (χ0v) is 13.9. The number of nitrogens with zero attached hydrogens (tertiary/aromatic N) is 1. The molecule has 1 aromatic carbocycles. The predicted octanol–water partition coefficient (Wildman–Crippen LogP) is 3.76. The highest BCUT2D eigenvalue weighted by atomic mass is 32.1. The van der Waals surface area contributed by atoms with E-state index in [0.717, 1.165) is 4.88 Å². The zero-order valence-electron chi connectivity index (χ0n) is 13.1. The first kappa shape index (κ1) is 16.1. The van der Waals surface area contributed by atoms with Crippen LogP contribution in [0.25, 0.3) is 6.08 Å². The van der Waals surface area contributed by atoms with Gasteiger partial charge >= 0.3 is 5.97 Å². The molecule has 0 saturated carbocycles. The quantitative estimate of drug-likeness (QED) is 0.630. The number of allylic oxidation sites excluding steroid dienone is 1. The fourth-order valence-corrected chi connectivity index (χ4v) is 3.25. The minimum Gasteiger partial charge on any atom is -0.465 e. The van der Waals surface area contributed by atoms with Gasteiger partial charge in [0.1, 0.15) is 5.82 Å². The first-order valence-electron chi connectivity index (χ1n) is 7.17. The monoisotopic (exact) mass is 343 g/mol. The number of rotatable bonds is 3. The van der Waals surface area contributed by atoms with E-state index in [1.54, 1.807) is 13.0 Å². The van der Waals surface area contributed by atoms with Crippen LogP contribution in [0.2, 0.25) is 0 Å². The maximum absolute atomic E-state index is 13.2. The molecule has 1 aliphatic rings. The van der Waals surface area contributed by atoms with Crippen molar-refractivity contribution in [1.29, 1.82) is 0 Å². The van der Waals surface area contributed by atoms with E-state index < -0.39 is 11.8 Å². The first-order valence-corrected chi connectivity index (χ1v) is 8.05. The second-order valence-corrected chi connectivity index (χ2v) is 6.12. The molecule has 0 unspecified atom stereocenters. The van der Waals surface area contributed by atoms with Crippen molar-refractivity contribution >= 4 is 35.0 Å². The molecule has 0 N–H and O–H groups in total. The summed E-state index contributed by atoms with van der Waals surface area (Å²) in [5.74, 6) is -1.31. The maximum atomic E-state index is 13.2. The molecule has 0 aliphatic carbocycles. The summed E-state index contributed by atoms with van der Waals surface area (Å²) in [5.41, 5.74) is 1.45. The average Bonchev–Trinajstić information content (AvgIpc) is 3.16. The smallest absolute Gasteiger partial charge is 0.340 e. The first-order chi connectivity index (χ1) is 11.5. The summed E-state index contributed by atoms with van der Waals surface area (Å²) in [6.45, 7) is 1.67. The Morgan fingerprint density at radius 2 is 1.96 bits per heavy atom. The lowest BCUT2D eigenvalue weighted by atomic mass is 10.1. The molecule has 1 amide bonds. The van der Waals surface area contributed by atoms with Crippen molar-refractivity contribution in [2.75, 3.05) is 12.0 Å². The van der Waals surface area contributed by atoms with Crippen molar-refractivity contribution in [3.05, 3.63) is 69.3 Å². The van der Waals surface area contributed by atoms with Gasteiger partial charge in [-0.1, -0.05) is 6.07 Å². The molecule has 0 atom stereocenters. The summed E-state index contributed by atoms with van der Waals surface area (Å²) in [5, 5.41) is 1.89. The average molecular weight is 343 g/mol. The molecule has 122 valence electrons. The van der Waals surface area contributed by atoms with Crippen LogP contribution in [-0.2, 0) is 14.3 Å². The Kier molecular flexibility index (Phi) is 4.31. The van der Waals surface area contributed by atoms with Crippen molar-refractivity contribution in [2.24, 2.45) is 0 Å². The summed E-state index contributed by atoms with van der Waals surface area (Å²) in [6.07, 6.45) is 1.67. The van der Waals surface area contributed by atoms with Crippen molar-refractivity contribution in [2.45, 2.75) is 6.92 Å². The number of hydrogen-bond acceptors (Lipinski definition) is 4. The number of hydrogen-bond donors (Lipinski definition) is 0. The summed E-state index contributed by atoms with van der Waals surface area (Å²) in [6, 6.07) is 9.27. The second-order valence-electron chi connectivity index (χ2n) is 5.14. The Labute approximate surface area is 142 Å². The number of amides is 1. The van der Waals surface area contributed by atoms with Gasteiger partial charge in [-0.25, -0.2) is 9.18 Å². The molecular weight excluding hydrogens is 329 g/mol. The van der Waals surface area contributed by atoms with Gasteiger partial charge in [0.2, 0.25) is 0 Å². The third-order valence-electron chi connectivity index (χ3n) is 3.70. The van der Waals surface area contributed by atoms with Gasteiger partial charge in [-0.2, -0.15) is 0 Å². The molecule has 0 spiro atoms. The van der Waals surface area contributed by atoms with Crippen molar-refractivity contribution in [3.8, 4) is 0 Å². The second kappa shape index (κ2) is 6.41. The Morgan fingerprint density at radius 1 is 1.25 bits per heavy atom. The Balaban J connectivity index is 2.12. The molecule has 0 radical (unpaired) electrons. The van der Waals surface area contributed by atoms with Crippen LogP contribution in [0.15, 0.2) is 58.6 Å². The SMILES string of the molecule is COC(=O)C1=C(C)N(c2ccc(F)cc2)C(=O)/C1=C/c1cccs1. The van der Waals surface area contributed by atoms with Gasteiger partial charge in [0.15, 0.2) is 0 Å². The van der Waals surface area contributed by atoms with E-state index in [-0.39, 0.29) is 17.1 Å². The number of methoxy groups -OCH3 is 1. The minimum absolute atomic E-state index is 0.222. The molecular formula is C18H14FNO3S. The third-order valence-corrected chi connectivity index (χ3v) is 4.52. The zero-order chi connectivity index (χ0) is 17.3. The normalized spacial score (nSPS) is 16.2. The lowest BCUT2D eigenvalue weighted by Crippen LogP contribution is -2.24. The van der Waals surface area contributed by atoms with E-state index in [0.29, 0.717) is 11.4 Å². The highest BCUT2D eigenvalue weighted by Gasteiger charge is 2.37. The van der Waals surface area contributed by atoms with E-state index in [9.17, 15) is 14.0 Å². The van der Waals surface area contributed by atoms with Crippen molar-refractivity contribution in [3.63, 3.8) is 0 Å². The lowest BCUT2D eigenvalue weighted by Gasteiger charge is -2.17. The number of ether oxygens (including phenoxy) is 1. The number of carbonyl (C=O) groups is 2. The van der Waals surface area contributed by atoms with Crippen LogP contribution in [-0.4, -0.2) is 19.0 Å². The van der Waals surface area contributed by atoms with Gasteiger partial charge < -0.3 is 4.74 Å². The number of thiophene rings is 1. The van der Waals surface area contributed by atoms with E-state index in [2.05, 4.69) is 0 Å². The van der Waals surface area contributed by atoms with Gasteiger partial charge in [0.05, 0.1) is 18.3 Å². The number of benzene rings is 1. The van der Waals surface area contributed by atoms with Gasteiger partial charge in [-0.15, -0.1) is 11.3 Å². The van der Waals surface area contributed by atoms with E-state index in [1.807, 2.05) is 17.5 Å². The molecule has 0 bridgehead atoms. The standard InChI is InChI=1S/C18H14FNO3S/c1-11-16(18(22)23-2)15(10-14-4-3-9-24-14)17(21)20(11)13-7-5-12(19)6-8-13/h3-10H,1-2H3/b15-10+. The van der Waals surface area contributed by atoms with Gasteiger partial charge in [-0.3, -0.25) is 9.69 Å². The largest absolute Gasteiger partial charge is 0.465 e. The van der Waals surface area contributed by atoms with Crippen LogP contribution in [0.1, 0.15) is 11.8 Å². The van der Waals surface area contributed by atoms with E-state index in [4.69, 9.17) is 4.74 Å². The Morgan fingerprint density at radius 3 is 2.54 bits per heavy atom. The molecule has 1 aliphatic heterocycles. The molecule has 6 heteroatoms. The van der Waals surface area contributed by atoms with Crippen molar-refractivity contribution in [1.82, 2.24) is 0 Å². The molecule has 0 saturated heterocycles. The topological polar surface area (TPSA) is 46.6 Å². The molecule has 1 aromatic heterocycles. The van der Waals surface area contributed by atoms with E-state index in [1.165, 1.54) is 47.6 Å². The van der Waals surface area contributed by atoms with Crippen LogP contribution in [0.5, 0.6) is 0 Å².